The van der Waals surface area contributed by atoms with Gasteiger partial charge in [0.15, 0.2) is 11.1 Å². The van der Waals surface area contributed by atoms with Gasteiger partial charge in [-0.15, -0.1) is 0 Å². The number of carboxylic acid groups (broad SMARTS) is 1. The Balaban J connectivity index is 1.91. The number of anilines is 1. The Morgan fingerprint density at radius 3 is 3.00 bits per heavy atom. The summed E-state index contributed by atoms with van der Waals surface area (Å²) >= 11 is 1.18. The Kier molecular flexibility index (Phi) is 6.71. The predicted molar refractivity (Wildman–Crippen MR) is 94.1 cm³/mol. The van der Waals surface area contributed by atoms with Gasteiger partial charge < -0.3 is 25.8 Å². The van der Waals surface area contributed by atoms with Crippen LogP contribution < -0.4 is 11.1 Å². The zero-order chi connectivity index (χ0) is 18.4. The van der Waals surface area contributed by atoms with Gasteiger partial charge in [0.2, 0.25) is 0 Å². The lowest BCUT2D eigenvalue weighted by Gasteiger charge is -2.32. The minimum atomic E-state index is -0.879. The second-order valence-electron chi connectivity index (χ2n) is 5.95. The number of guanidine groups is 1. The summed E-state index contributed by atoms with van der Waals surface area (Å²) < 4.78 is 5.41. The van der Waals surface area contributed by atoms with E-state index in [0.29, 0.717) is 35.4 Å². The van der Waals surface area contributed by atoms with Crippen molar-refractivity contribution in [3.63, 3.8) is 0 Å². The average molecular weight is 369 g/mol. The van der Waals surface area contributed by atoms with E-state index in [0.717, 1.165) is 12.8 Å². The number of amides is 1. The molecule has 0 radical (unpaired) electrons. The summed E-state index contributed by atoms with van der Waals surface area (Å²) in [6.45, 7) is 3.66. The third-order valence-electron chi connectivity index (χ3n) is 3.85. The van der Waals surface area contributed by atoms with E-state index in [1.165, 1.54) is 11.3 Å². The summed E-state index contributed by atoms with van der Waals surface area (Å²) in [5.41, 5.74) is 5.90. The molecule has 1 aromatic rings. The molecule has 0 saturated carbocycles. The maximum atomic E-state index is 12.7. The van der Waals surface area contributed by atoms with Gasteiger partial charge in [0.1, 0.15) is 4.88 Å². The van der Waals surface area contributed by atoms with Crippen LogP contribution in [0.1, 0.15) is 34.6 Å². The van der Waals surface area contributed by atoms with E-state index in [1.54, 1.807) is 11.8 Å². The molecule has 0 spiro atoms. The molecule has 1 amide bonds. The number of ether oxygens (including phenoxy) is 1. The molecule has 1 aliphatic rings. The Hall–Kier alpha value is -2.20. The highest BCUT2D eigenvalue weighted by molar-refractivity contribution is 7.17. The Bertz CT molecular complexity index is 648. The predicted octanol–water partition coefficient (Wildman–Crippen LogP) is 1.10. The first-order chi connectivity index (χ1) is 11.9. The van der Waals surface area contributed by atoms with Crippen molar-refractivity contribution < 1.29 is 19.4 Å². The van der Waals surface area contributed by atoms with Gasteiger partial charge in [-0.05, 0) is 25.7 Å². The van der Waals surface area contributed by atoms with Crippen molar-refractivity contribution in [3.05, 3.63) is 10.6 Å². The number of nitrogens with zero attached hydrogens (tertiary/aromatic N) is 2. The molecule has 1 aliphatic heterocycles. The monoisotopic (exact) mass is 369 g/mol. The lowest BCUT2D eigenvalue weighted by Crippen LogP contribution is -2.41. The van der Waals surface area contributed by atoms with Crippen LogP contribution in [0.5, 0.6) is 0 Å². The zero-order valence-corrected chi connectivity index (χ0v) is 14.9. The van der Waals surface area contributed by atoms with Crippen molar-refractivity contribution in [1.82, 2.24) is 9.88 Å². The van der Waals surface area contributed by atoms with E-state index in [4.69, 9.17) is 21.0 Å². The first-order valence-electron chi connectivity index (χ1n) is 8.04. The van der Waals surface area contributed by atoms with E-state index in [-0.39, 0.29) is 30.8 Å². The van der Waals surface area contributed by atoms with Crippen molar-refractivity contribution in [2.45, 2.75) is 26.2 Å². The zero-order valence-electron chi connectivity index (χ0n) is 14.1. The van der Waals surface area contributed by atoms with Gasteiger partial charge in [-0.3, -0.25) is 15.0 Å². The van der Waals surface area contributed by atoms with Crippen LogP contribution in [-0.4, -0.2) is 59.1 Å². The van der Waals surface area contributed by atoms with Gasteiger partial charge in [-0.2, -0.15) is 0 Å². The molecule has 9 nitrogen and oxygen atoms in total. The Morgan fingerprint density at radius 1 is 1.56 bits per heavy atom. The number of aromatic nitrogens is 1. The third kappa shape index (κ3) is 5.68. The van der Waals surface area contributed by atoms with Gasteiger partial charge in [-0.25, -0.2) is 4.98 Å². The van der Waals surface area contributed by atoms with Crippen LogP contribution in [0.15, 0.2) is 0 Å². The number of aryl methyl sites for hydroxylation is 1. The number of nitrogens with two attached hydrogens (primary N) is 1. The molecule has 1 atom stereocenters. The van der Waals surface area contributed by atoms with Crippen LogP contribution in [0.3, 0.4) is 0 Å². The number of carbonyl (C=O) groups excluding carboxylic acids is 1. The summed E-state index contributed by atoms with van der Waals surface area (Å²) in [5.74, 6) is -0.975. The van der Waals surface area contributed by atoms with Crippen molar-refractivity contribution in [3.8, 4) is 0 Å². The van der Waals surface area contributed by atoms with Crippen LogP contribution >= 0.6 is 11.3 Å². The largest absolute Gasteiger partial charge is 0.481 e. The smallest absolute Gasteiger partial charge is 0.305 e. The van der Waals surface area contributed by atoms with Crippen LogP contribution in [0.25, 0.3) is 0 Å². The first-order valence-corrected chi connectivity index (χ1v) is 8.85. The third-order valence-corrected chi connectivity index (χ3v) is 4.91. The first kappa shape index (κ1) is 19.1. The highest BCUT2D eigenvalue weighted by atomic mass is 32.1. The lowest BCUT2D eigenvalue weighted by molar-refractivity contribution is -0.138. The Morgan fingerprint density at radius 2 is 2.32 bits per heavy atom. The van der Waals surface area contributed by atoms with E-state index >= 15 is 0 Å². The molecule has 0 bridgehead atoms. The second kappa shape index (κ2) is 8.77. The van der Waals surface area contributed by atoms with E-state index in [1.807, 2.05) is 0 Å². The highest BCUT2D eigenvalue weighted by Crippen LogP contribution is 2.26. The van der Waals surface area contributed by atoms with Gasteiger partial charge in [0.05, 0.1) is 25.3 Å². The molecule has 10 heteroatoms. The van der Waals surface area contributed by atoms with Crippen molar-refractivity contribution in [2.24, 2.45) is 11.7 Å². The summed E-state index contributed by atoms with van der Waals surface area (Å²) in [6, 6.07) is 0. The fraction of sp³-hybridized carbons (Fsp3) is 0.600. The van der Waals surface area contributed by atoms with Gasteiger partial charge in [0.25, 0.3) is 5.91 Å². The van der Waals surface area contributed by atoms with E-state index in [2.05, 4.69) is 10.3 Å². The van der Waals surface area contributed by atoms with Crippen molar-refractivity contribution in [2.75, 3.05) is 31.6 Å². The number of aliphatic carboxylic acids is 1. The molecule has 1 saturated heterocycles. The summed E-state index contributed by atoms with van der Waals surface area (Å²) in [5, 5.41) is 18.9. The number of rotatable bonds is 7. The summed E-state index contributed by atoms with van der Waals surface area (Å²) in [6.07, 6.45) is 1.83. The van der Waals surface area contributed by atoms with Gasteiger partial charge >= 0.3 is 5.97 Å². The lowest BCUT2D eigenvalue weighted by atomic mass is 9.99. The molecule has 0 aromatic carbocycles. The fourth-order valence-corrected chi connectivity index (χ4v) is 3.65. The number of likely N-dealkylation sites (tertiary alicyclic amines) is 1. The molecule has 2 rings (SSSR count). The molecule has 1 aromatic heterocycles. The second-order valence-corrected chi connectivity index (χ2v) is 6.95. The number of piperidine rings is 1. The molecule has 25 heavy (non-hydrogen) atoms. The summed E-state index contributed by atoms with van der Waals surface area (Å²) in [7, 11) is 0. The molecule has 2 heterocycles. The minimum Gasteiger partial charge on any atom is -0.481 e. The quantitative estimate of drug-likeness (QED) is 0.320. The fourth-order valence-electron chi connectivity index (χ4n) is 2.70. The van der Waals surface area contributed by atoms with E-state index in [9.17, 15) is 9.59 Å². The minimum absolute atomic E-state index is 0.0125. The van der Waals surface area contributed by atoms with Crippen molar-refractivity contribution in [1.29, 1.82) is 5.41 Å². The molecule has 5 N–H and O–H groups in total. The van der Waals surface area contributed by atoms with Gasteiger partial charge in [0, 0.05) is 13.1 Å². The van der Waals surface area contributed by atoms with Gasteiger partial charge in [-0.1, -0.05) is 11.3 Å². The number of hydrogen-bond donors (Lipinski definition) is 4. The van der Waals surface area contributed by atoms with Crippen LogP contribution in [-0.2, 0) is 9.53 Å². The molecular formula is C15H23N5O4S. The van der Waals surface area contributed by atoms with Crippen LogP contribution in [0.2, 0.25) is 0 Å². The summed E-state index contributed by atoms with van der Waals surface area (Å²) in [4.78, 5) is 29.8. The number of carboxylic acids is 1. The normalized spacial score (nSPS) is 17.3. The molecule has 138 valence electrons. The standard InChI is InChI=1S/C15H23N5O4S/c1-9-12(25-15(18-9)19-14(16)17)13(23)20-5-2-3-10(7-20)8-24-6-4-11(21)22/h10H,2-8H2,1H3,(H,21,22)(H4,16,17,18,19). The maximum absolute atomic E-state index is 12.7. The van der Waals surface area contributed by atoms with Crippen molar-refractivity contribution >= 4 is 34.3 Å². The molecule has 1 unspecified atom stereocenters. The highest BCUT2D eigenvalue weighted by Gasteiger charge is 2.27. The maximum Gasteiger partial charge on any atom is 0.305 e. The van der Waals surface area contributed by atoms with Crippen LogP contribution in [0, 0.1) is 18.3 Å². The molecular weight excluding hydrogens is 346 g/mol. The number of hydrogen-bond acceptors (Lipinski definition) is 6. The average Bonchev–Trinajstić information content (AvgIpc) is 2.90. The number of carbonyl (C=O) groups is 2. The molecule has 0 aliphatic carbocycles. The van der Waals surface area contributed by atoms with Crippen LogP contribution in [0.4, 0.5) is 5.13 Å². The number of nitrogens with one attached hydrogen (secondary N) is 2. The molecule has 1 fully saturated rings. The Labute approximate surface area is 149 Å². The SMILES string of the molecule is Cc1nc(NC(=N)N)sc1C(=O)N1CCCC(COCCC(=O)O)C1. The number of thiazole rings is 1. The topological polar surface area (TPSA) is 142 Å². The van der Waals surface area contributed by atoms with E-state index < -0.39 is 5.97 Å².